The summed E-state index contributed by atoms with van der Waals surface area (Å²) in [5.74, 6) is 1.61. The molecule has 0 bridgehead atoms. The zero-order chi connectivity index (χ0) is 20.9. The van der Waals surface area contributed by atoms with Crippen LogP contribution in [0.1, 0.15) is 51.5 Å². The monoisotopic (exact) mass is 404 g/mol. The zero-order valence-electron chi connectivity index (χ0n) is 17.8. The number of aliphatic imine (C=N–C) groups is 1. The maximum Gasteiger partial charge on any atom is 0.255 e. The van der Waals surface area contributed by atoms with Gasteiger partial charge < -0.3 is 25.8 Å². The van der Waals surface area contributed by atoms with Crippen molar-refractivity contribution in [3.8, 4) is 5.75 Å². The number of hydrogen-bond donors (Lipinski definition) is 3. The Morgan fingerprint density at radius 1 is 1.28 bits per heavy atom. The molecule has 1 saturated carbocycles. The van der Waals surface area contributed by atoms with E-state index < -0.39 is 5.91 Å². The number of ether oxygens (including phenoxy) is 2. The Morgan fingerprint density at radius 3 is 2.76 bits per heavy atom. The van der Waals surface area contributed by atoms with Gasteiger partial charge in [0.15, 0.2) is 12.6 Å². The number of amides is 1. The number of primary amides is 1. The van der Waals surface area contributed by atoms with E-state index in [1.54, 1.807) is 6.07 Å². The molecule has 7 heteroatoms. The first-order valence-electron chi connectivity index (χ1n) is 10.8. The van der Waals surface area contributed by atoms with Crippen LogP contribution in [0, 0.1) is 5.92 Å². The lowest BCUT2D eigenvalue weighted by Crippen LogP contribution is -2.39. The number of carbonyl (C=O) groups is 1. The zero-order valence-corrected chi connectivity index (χ0v) is 17.8. The van der Waals surface area contributed by atoms with Gasteiger partial charge in [-0.25, -0.2) is 4.99 Å². The number of nitrogens with one attached hydrogen (secondary N) is 2. The first-order valence-corrected chi connectivity index (χ1v) is 10.8. The second-order valence-electron chi connectivity index (χ2n) is 7.35. The van der Waals surface area contributed by atoms with E-state index in [0.717, 1.165) is 37.6 Å². The third kappa shape index (κ3) is 8.73. The predicted octanol–water partition coefficient (Wildman–Crippen LogP) is 2.59. The van der Waals surface area contributed by atoms with Gasteiger partial charge in [0.05, 0.1) is 12.6 Å². The fraction of sp³-hybridized carbons (Fsp3) is 0.636. The summed E-state index contributed by atoms with van der Waals surface area (Å²) in [6, 6.07) is 7.54. The number of carbonyl (C=O) groups excluding carboxylic acids is 1. The van der Waals surface area contributed by atoms with E-state index in [-0.39, 0.29) is 6.61 Å². The SMILES string of the molecule is CCNC(=NCc1cccc(OCC(N)=O)c1)NCCC(OCC)C1CCCC1. The summed E-state index contributed by atoms with van der Waals surface area (Å²) in [4.78, 5) is 15.5. The second-order valence-corrected chi connectivity index (χ2v) is 7.35. The molecule has 7 nitrogen and oxygen atoms in total. The summed E-state index contributed by atoms with van der Waals surface area (Å²) in [5.41, 5.74) is 6.13. The van der Waals surface area contributed by atoms with E-state index in [9.17, 15) is 4.79 Å². The molecule has 1 aromatic rings. The number of rotatable bonds is 12. The Morgan fingerprint density at radius 2 is 2.07 bits per heavy atom. The van der Waals surface area contributed by atoms with Crippen LogP contribution in [0.25, 0.3) is 0 Å². The topological polar surface area (TPSA) is 98.0 Å². The molecule has 0 saturated heterocycles. The third-order valence-corrected chi connectivity index (χ3v) is 5.07. The standard InChI is InChI=1S/C22H36N4O3/c1-3-24-22(25-13-12-20(28-4-2)18-9-5-6-10-18)26-15-17-8-7-11-19(14-17)29-16-21(23)27/h7-8,11,14,18,20H,3-6,9-10,12-13,15-16H2,1-2H3,(H2,23,27)(H2,24,25,26). The molecule has 1 aliphatic carbocycles. The van der Waals surface area contributed by atoms with Gasteiger partial charge in [0.2, 0.25) is 0 Å². The smallest absolute Gasteiger partial charge is 0.255 e. The lowest BCUT2D eigenvalue weighted by molar-refractivity contribution is -0.119. The number of nitrogens with two attached hydrogens (primary N) is 1. The average molecular weight is 405 g/mol. The largest absolute Gasteiger partial charge is 0.484 e. The molecule has 0 aromatic heterocycles. The minimum atomic E-state index is -0.491. The highest BCUT2D eigenvalue weighted by molar-refractivity contribution is 5.79. The van der Waals surface area contributed by atoms with Gasteiger partial charge in [0.25, 0.3) is 5.91 Å². The Kier molecular flexibility index (Phi) is 10.3. The molecule has 4 N–H and O–H groups in total. The highest BCUT2D eigenvalue weighted by Gasteiger charge is 2.25. The molecule has 29 heavy (non-hydrogen) atoms. The van der Waals surface area contributed by atoms with Gasteiger partial charge in [-0.1, -0.05) is 25.0 Å². The fourth-order valence-corrected chi connectivity index (χ4v) is 3.73. The Bertz CT molecular complexity index is 645. The number of nitrogens with zero attached hydrogens (tertiary/aromatic N) is 1. The van der Waals surface area contributed by atoms with Crippen molar-refractivity contribution < 1.29 is 14.3 Å². The van der Waals surface area contributed by atoms with Crippen molar-refractivity contribution in [2.75, 3.05) is 26.3 Å². The van der Waals surface area contributed by atoms with Crippen LogP contribution in [0.2, 0.25) is 0 Å². The second kappa shape index (κ2) is 13.0. The summed E-state index contributed by atoms with van der Waals surface area (Å²) in [5, 5.41) is 6.71. The normalized spacial score (nSPS) is 15.9. The van der Waals surface area contributed by atoms with Crippen LogP contribution in [0.4, 0.5) is 0 Å². The van der Waals surface area contributed by atoms with Gasteiger partial charge in [0, 0.05) is 19.7 Å². The van der Waals surface area contributed by atoms with Crippen LogP contribution in [0.3, 0.4) is 0 Å². The van der Waals surface area contributed by atoms with Crippen LogP contribution in [0.5, 0.6) is 5.75 Å². The van der Waals surface area contributed by atoms with Gasteiger partial charge in [-0.2, -0.15) is 0 Å². The van der Waals surface area contributed by atoms with Crippen LogP contribution in [-0.2, 0) is 16.1 Å². The molecule has 0 heterocycles. The van der Waals surface area contributed by atoms with E-state index in [1.165, 1.54) is 25.7 Å². The van der Waals surface area contributed by atoms with E-state index in [2.05, 4.69) is 29.5 Å². The van der Waals surface area contributed by atoms with Gasteiger partial charge in [-0.05, 0) is 56.7 Å². The Hall–Kier alpha value is -2.28. The quantitative estimate of drug-likeness (QED) is 0.367. The first-order chi connectivity index (χ1) is 14.1. The van der Waals surface area contributed by atoms with Crippen molar-refractivity contribution in [3.63, 3.8) is 0 Å². The number of hydrogen-bond acceptors (Lipinski definition) is 4. The first kappa shape index (κ1) is 23.0. The molecule has 1 aromatic carbocycles. The summed E-state index contributed by atoms with van der Waals surface area (Å²) >= 11 is 0. The maximum atomic E-state index is 10.9. The molecule has 1 unspecified atom stereocenters. The minimum absolute atomic E-state index is 0.126. The van der Waals surface area contributed by atoms with Gasteiger partial charge in [-0.3, -0.25) is 4.79 Å². The highest BCUT2D eigenvalue weighted by atomic mass is 16.5. The van der Waals surface area contributed by atoms with Gasteiger partial charge >= 0.3 is 0 Å². The molecule has 1 aliphatic rings. The van der Waals surface area contributed by atoms with Crippen molar-refractivity contribution in [1.29, 1.82) is 0 Å². The van der Waals surface area contributed by atoms with E-state index in [0.29, 0.717) is 24.3 Å². The third-order valence-electron chi connectivity index (χ3n) is 5.07. The van der Waals surface area contributed by atoms with Crippen LogP contribution < -0.4 is 21.1 Å². The predicted molar refractivity (Wildman–Crippen MR) is 116 cm³/mol. The molecule has 1 fully saturated rings. The molecule has 162 valence electrons. The molecular weight excluding hydrogens is 368 g/mol. The van der Waals surface area contributed by atoms with E-state index >= 15 is 0 Å². The average Bonchev–Trinajstić information content (AvgIpc) is 3.25. The summed E-state index contributed by atoms with van der Waals surface area (Å²) < 4.78 is 11.4. The Labute approximate surface area is 174 Å². The van der Waals surface area contributed by atoms with Gasteiger partial charge in [0.1, 0.15) is 5.75 Å². The number of benzene rings is 1. The molecule has 1 amide bonds. The summed E-state index contributed by atoms with van der Waals surface area (Å²) in [6.45, 7) is 6.90. The molecule has 0 radical (unpaired) electrons. The molecule has 2 rings (SSSR count). The van der Waals surface area contributed by atoms with Crippen molar-refractivity contribution in [1.82, 2.24) is 10.6 Å². The van der Waals surface area contributed by atoms with Gasteiger partial charge in [-0.15, -0.1) is 0 Å². The lowest BCUT2D eigenvalue weighted by Gasteiger charge is -2.24. The maximum absolute atomic E-state index is 10.9. The van der Waals surface area contributed by atoms with Crippen LogP contribution >= 0.6 is 0 Å². The van der Waals surface area contributed by atoms with Crippen molar-refractivity contribution in [2.45, 2.75) is 58.6 Å². The van der Waals surface area contributed by atoms with Crippen molar-refractivity contribution >= 4 is 11.9 Å². The van der Waals surface area contributed by atoms with Crippen molar-refractivity contribution in [3.05, 3.63) is 29.8 Å². The minimum Gasteiger partial charge on any atom is -0.484 e. The molecule has 0 spiro atoms. The van der Waals surface area contributed by atoms with Crippen LogP contribution in [0.15, 0.2) is 29.3 Å². The Balaban J connectivity index is 1.86. The fourth-order valence-electron chi connectivity index (χ4n) is 3.73. The highest BCUT2D eigenvalue weighted by Crippen LogP contribution is 2.30. The molecule has 1 atom stereocenters. The molecule has 0 aliphatic heterocycles. The van der Waals surface area contributed by atoms with Crippen LogP contribution in [-0.4, -0.2) is 44.3 Å². The molecular formula is C22H36N4O3. The summed E-state index contributed by atoms with van der Waals surface area (Å²) in [7, 11) is 0. The van der Waals surface area contributed by atoms with E-state index in [4.69, 9.17) is 15.2 Å². The summed E-state index contributed by atoms with van der Waals surface area (Å²) in [6.07, 6.45) is 6.54. The van der Waals surface area contributed by atoms with E-state index in [1.807, 2.05) is 18.2 Å². The van der Waals surface area contributed by atoms with Crippen molar-refractivity contribution in [2.24, 2.45) is 16.6 Å². The lowest BCUT2D eigenvalue weighted by atomic mass is 9.98. The number of guanidine groups is 1.